The van der Waals surface area contributed by atoms with Crippen molar-refractivity contribution in [2.24, 2.45) is 0 Å². The van der Waals surface area contributed by atoms with Crippen LogP contribution in [0.4, 0.5) is 5.82 Å². The van der Waals surface area contributed by atoms with E-state index >= 15 is 0 Å². The Bertz CT molecular complexity index is 890. The minimum absolute atomic E-state index is 0.0656. The second-order valence-electron chi connectivity index (χ2n) is 8.23. The molecule has 1 fully saturated rings. The average Bonchev–Trinajstić information content (AvgIpc) is 2.72. The van der Waals surface area contributed by atoms with Gasteiger partial charge in [-0.1, -0.05) is 12.1 Å². The van der Waals surface area contributed by atoms with Gasteiger partial charge in [0.05, 0.1) is 11.2 Å². The highest BCUT2D eigenvalue weighted by atomic mass is 16.3. The summed E-state index contributed by atoms with van der Waals surface area (Å²) in [5.74, 6) is 0.656. The van der Waals surface area contributed by atoms with Crippen LogP contribution in [0.5, 0.6) is 0 Å². The molecule has 1 amide bonds. The summed E-state index contributed by atoms with van der Waals surface area (Å²) in [5, 5.41) is 22.3. The molecular weight excluding hydrogens is 364 g/mol. The number of benzene rings is 1. The topological polar surface area (TPSA) is 89.2 Å². The largest absolute Gasteiger partial charge is 0.390 e. The third-order valence-electron chi connectivity index (χ3n) is 5.25. The number of anilines is 1. The lowest BCUT2D eigenvalue weighted by atomic mass is 9.97. The van der Waals surface area contributed by atoms with Crippen LogP contribution in [0.3, 0.4) is 0 Å². The number of pyridine rings is 1. The Morgan fingerprint density at radius 1 is 1.31 bits per heavy atom. The summed E-state index contributed by atoms with van der Waals surface area (Å²) in [5.41, 5.74) is 1.56. The van der Waals surface area contributed by atoms with E-state index in [0.717, 1.165) is 43.7 Å². The third-order valence-corrected chi connectivity index (χ3v) is 5.25. The molecule has 3 rings (SSSR count). The molecule has 0 spiro atoms. The normalized spacial score (nSPS) is 15.0. The number of carbonyl (C=O) groups excluding carboxylic acids is 1. The molecule has 152 valence electrons. The number of nitrogens with zero attached hydrogens (tertiary/aromatic N) is 3. The second kappa shape index (κ2) is 9.06. The zero-order valence-corrected chi connectivity index (χ0v) is 17.1. The lowest BCUT2D eigenvalue weighted by Gasteiger charge is -2.33. The van der Waals surface area contributed by atoms with Gasteiger partial charge in [0.2, 0.25) is 0 Å². The van der Waals surface area contributed by atoms with Crippen molar-refractivity contribution in [3.05, 3.63) is 59.3 Å². The van der Waals surface area contributed by atoms with Crippen molar-refractivity contribution in [1.29, 1.82) is 5.26 Å². The number of aryl methyl sites for hydroxylation is 1. The fourth-order valence-corrected chi connectivity index (χ4v) is 3.56. The Labute approximate surface area is 172 Å². The number of nitriles is 1. The molecule has 0 unspecified atom stereocenters. The van der Waals surface area contributed by atoms with Crippen LogP contribution >= 0.6 is 0 Å². The monoisotopic (exact) mass is 392 g/mol. The van der Waals surface area contributed by atoms with E-state index in [0.29, 0.717) is 17.5 Å². The number of amides is 1. The van der Waals surface area contributed by atoms with Crippen molar-refractivity contribution >= 4 is 11.7 Å². The van der Waals surface area contributed by atoms with Crippen LogP contribution in [0.1, 0.15) is 54.6 Å². The lowest BCUT2D eigenvalue weighted by Crippen LogP contribution is -2.45. The molecule has 0 bridgehead atoms. The number of carbonyl (C=O) groups is 1. The van der Waals surface area contributed by atoms with Crippen molar-refractivity contribution in [2.45, 2.75) is 51.2 Å². The molecule has 6 nitrogen and oxygen atoms in total. The van der Waals surface area contributed by atoms with Crippen molar-refractivity contribution in [3.63, 3.8) is 0 Å². The van der Waals surface area contributed by atoms with Gasteiger partial charge in [-0.2, -0.15) is 5.26 Å². The molecule has 0 saturated carbocycles. The van der Waals surface area contributed by atoms with Crippen LogP contribution in [0, 0.1) is 11.3 Å². The quantitative estimate of drug-likeness (QED) is 0.789. The van der Waals surface area contributed by atoms with Crippen LogP contribution in [0.25, 0.3) is 0 Å². The molecule has 2 aromatic rings. The number of rotatable bonds is 6. The van der Waals surface area contributed by atoms with Crippen LogP contribution < -0.4 is 10.2 Å². The minimum atomic E-state index is -0.717. The highest BCUT2D eigenvalue weighted by Gasteiger charge is 2.23. The smallest absolute Gasteiger partial charge is 0.251 e. The molecule has 1 aromatic carbocycles. The molecule has 6 heteroatoms. The summed E-state index contributed by atoms with van der Waals surface area (Å²) in [6.45, 7) is 5.09. The predicted octanol–water partition coefficient (Wildman–Crippen LogP) is 3.06. The highest BCUT2D eigenvalue weighted by molar-refractivity contribution is 5.94. The molecule has 1 aromatic heterocycles. The molecule has 0 atom stereocenters. The Hall–Kier alpha value is -2.91. The van der Waals surface area contributed by atoms with Gasteiger partial charge in [0.1, 0.15) is 11.9 Å². The van der Waals surface area contributed by atoms with Gasteiger partial charge in [-0.15, -0.1) is 0 Å². The molecule has 2 heterocycles. The second-order valence-corrected chi connectivity index (χ2v) is 8.23. The van der Waals surface area contributed by atoms with E-state index < -0.39 is 5.60 Å². The van der Waals surface area contributed by atoms with Crippen LogP contribution in [0.15, 0.2) is 42.6 Å². The van der Waals surface area contributed by atoms with Gasteiger partial charge in [-0.3, -0.25) is 4.79 Å². The van der Waals surface area contributed by atoms with Crippen molar-refractivity contribution in [1.82, 2.24) is 10.3 Å². The van der Waals surface area contributed by atoms with Gasteiger partial charge >= 0.3 is 0 Å². The fraction of sp³-hybridized carbons (Fsp3) is 0.435. The first-order chi connectivity index (χ1) is 13.9. The molecular formula is C23H28N4O2. The number of hydrogen-bond acceptors (Lipinski definition) is 5. The lowest BCUT2D eigenvalue weighted by molar-refractivity contribution is 0.0714. The number of hydrogen-bond donors (Lipinski definition) is 2. The van der Waals surface area contributed by atoms with E-state index in [4.69, 9.17) is 0 Å². The first kappa shape index (κ1) is 20.8. The molecule has 0 aliphatic carbocycles. The average molecular weight is 393 g/mol. The Morgan fingerprint density at radius 3 is 2.76 bits per heavy atom. The highest BCUT2D eigenvalue weighted by Crippen LogP contribution is 2.21. The van der Waals surface area contributed by atoms with E-state index in [9.17, 15) is 15.2 Å². The van der Waals surface area contributed by atoms with Gasteiger partial charge < -0.3 is 15.3 Å². The predicted molar refractivity (Wildman–Crippen MR) is 113 cm³/mol. The summed E-state index contributed by atoms with van der Waals surface area (Å²) in [4.78, 5) is 19.1. The zero-order valence-electron chi connectivity index (χ0n) is 17.1. The maximum Gasteiger partial charge on any atom is 0.251 e. The maximum absolute atomic E-state index is 12.7. The van der Waals surface area contributed by atoms with E-state index in [1.165, 1.54) is 0 Å². The van der Waals surface area contributed by atoms with Gasteiger partial charge in [0.25, 0.3) is 5.91 Å². The Kier molecular flexibility index (Phi) is 6.50. The summed E-state index contributed by atoms with van der Waals surface area (Å²) >= 11 is 0. The Morgan fingerprint density at radius 2 is 2.07 bits per heavy atom. The minimum Gasteiger partial charge on any atom is -0.390 e. The first-order valence-corrected chi connectivity index (χ1v) is 10.1. The fourth-order valence-electron chi connectivity index (χ4n) is 3.56. The van der Waals surface area contributed by atoms with Gasteiger partial charge in [-0.25, -0.2) is 4.98 Å². The van der Waals surface area contributed by atoms with Gasteiger partial charge in [0, 0.05) is 30.9 Å². The maximum atomic E-state index is 12.7. The van der Waals surface area contributed by atoms with Crippen molar-refractivity contribution in [3.8, 4) is 6.07 Å². The SMILES string of the molecule is CC(C)(O)CCc1cccc(C(=O)NC2CCN(c3ncccc3C#N)CC2)c1. The third kappa shape index (κ3) is 5.78. The number of aromatic nitrogens is 1. The summed E-state index contributed by atoms with van der Waals surface area (Å²) in [6.07, 6.45) is 4.70. The molecule has 0 radical (unpaired) electrons. The number of piperidine rings is 1. The molecule has 1 aliphatic rings. The van der Waals surface area contributed by atoms with E-state index in [1.807, 2.05) is 24.3 Å². The van der Waals surface area contributed by atoms with Crippen LogP contribution in [0.2, 0.25) is 0 Å². The summed E-state index contributed by atoms with van der Waals surface area (Å²) < 4.78 is 0. The standard InChI is InChI=1S/C23H28N4O2/c1-23(2,29)11-8-17-5-3-6-18(15-17)22(28)26-20-9-13-27(14-10-20)21-19(16-24)7-4-12-25-21/h3-7,12,15,20,29H,8-11,13-14H2,1-2H3,(H,26,28). The number of nitrogens with one attached hydrogen (secondary N) is 1. The zero-order chi connectivity index (χ0) is 20.9. The van der Waals surface area contributed by atoms with Gasteiger partial charge in [0.15, 0.2) is 0 Å². The van der Waals surface area contributed by atoms with Crippen LogP contribution in [-0.4, -0.2) is 40.7 Å². The van der Waals surface area contributed by atoms with Gasteiger partial charge in [-0.05, 0) is 69.4 Å². The van der Waals surface area contributed by atoms with Crippen LogP contribution in [-0.2, 0) is 6.42 Å². The van der Waals surface area contributed by atoms with E-state index in [2.05, 4.69) is 21.3 Å². The van der Waals surface area contributed by atoms with Crippen molar-refractivity contribution in [2.75, 3.05) is 18.0 Å². The van der Waals surface area contributed by atoms with E-state index in [-0.39, 0.29) is 11.9 Å². The first-order valence-electron chi connectivity index (χ1n) is 10.1. The van der Waals surface area contributed by atoms with Crippen molar-refractivity contribution < 1.29 is 9.90 Å². The summed E-state index contributed by atoms with van der Waals surface area (Å²) in [6, 6.07) is 13.5. The molecule has 1 aliphatic heterocycles. The molecule has 29 heavy (non-hydrogen) atoms. The molecule has 2 N–H and O–H groups in total. The number of aliphatic hydroxyl groups is 1. The molecule has 1 saturated heterocycles. The summed E-state index contributed by atoms with van der Waals surface area (Å²) in [7, 11) is 0. The van der Waals surface area contributed by atoms with E-state index in [1.54, 1.807) is 32.2 Å². The Balaban J connectivity index is 1.55.